The molecule has 7 rings (SSSR count). The molecule has 3 nitrogen and oxygen atoms in total. The molecule has 5 heteroatoms. The molecule has 2 bridgehead atoms. The van der Waals surface area contributed by atoms with Crippen molar-refractivity contribution in [1.82, 2.24) is 4.98 Å². The van der Waals surface area contributed by atoms with Gasteiger partial charge in [-0.1, -0.05) is 60.7 Å². The number of hydrogen-bond donors (Lipinski definition) is 1. The molecule has 0 fully saturated rings. The predicted octanol–water partition coefficient (Wildman–Crippen LogP) is 6.58. The second-order valence-corrected chi connectivity index (χ2v) is 9.69. The number of nitrogens with zero attached hydrogens (tertiary/aromatic N) is 1. The molecular formula is C27H21FN2OS. The monoisotopic (exact) mass is 440 g/mol. The van der Waals surface area contributed by atoms with Gasteiger partial charge in [-0.3, -0.25) is 4.79 Å². The maximum atomic E-state index is 14.2. The molecule has 3 aliphatic carbocycles. The number of nitrogens with one attached hydrogen (secondary N) is 1. The topological polar surface area (TPSA) is 42.0 Å². The molecule has 3 aliphatic rings. The molecular weight excluding hydrogens is 419 g/mol. The number of aromatic nitrogens is 1. The van der Waals surface area contributed by atoms with Crippen molar-refractivity contribution in [2.24, 2.45) is 5.41 Å². The highest BCUT2D eigenvalue weighted by atomic mass is 32.1. The van der Waals surface area contributed by atoms with E-state index in [0.29, 0.717) is 16.4 Å². The zero-order chi connectivity index (χ0) is 21.9. The molecule has 1 aromatic heterocycles. The highest BCUT2D eigenvalue weighted by Crippen LogP contribution is 2.61. The molecule has 0 saturated carbocycles. The smallest absolute Gasteiger partial charge is 0.233 e. The average Bonchev–Trinajstić information content (AvgIpc) is 3.27. The summed E-state index contributed by atoms with van der Waals surface area (Å²) in [6.07, 6.45) is 0.753. The first kappa shape index (κ1) is 19.4. The van der Waals surface area contributed by atoms with Gasteiger partial charge in [-0.05, 0) is 47.7 Å². The number of thiazole rings is 1. The largest absolute Gasteiger partial charge is 0.301 e. The van der Waals surface area contributed by atoms with Gasteiger partial charge in [0, 0.05) is 22.8 Å². The van der Waals surface area contributed by atoms with E-state index in [-0.39, 0.29) is 23.6 Å². The minimum Gasteiger partial charge on any atom is -0.301 e. The van der Waals surface area contributed by atoms with E-state index in [9.17, 15) is 9.18 Å². The standard InChI is InChI=1S/C27H21FN2OS/c1-27(25(31)30-26-29-23(15-32-26)20-12-6-7-13-22(20)28)14-21-16-8-2-4-10-18(16)24(27)19-11-5-3-9-17(19)21/h2-13,15,21,24H,14H2,1H3,(H,29,30,31)/t21?,24?,27-/m0/s1. The van der Waals surface area contributed by atoms with Crippen molar-refractivity contribution in [3.05, 3.63) is 106 Å². The van der Waals surface area contributed by atoms with E-state index in [2.05, 4.69) is 65.8 Å². The minimum atomic E-state index is -0.600. The maximum absolute atomic E-state index is 14.2. The first-order valence-corrected chi connectivity index (χ1v) is 11.6. The van der Waals surface area contributed by atoms with Crippen molar-refractivity contribution in [2.45, 2.75) is 25.2 Å². The third-order valence-electron chi connectivity index (χ3n) is 7.02. The third-order valence-corrected chi connectivity index (χ3v) is 7.78. The molecule has 3 aromatic carbocycles. The Kier molecular flexibility index (Phi) is 4.30. The molecule has 1 amide bonds. The summed E-state index contributed by atoms with van der Waals surface area (Å²) in [6, 6.07) is 23.5. The second kappa shape index (κ2) is 7.10. The Hall–Kier alpha value is -3.31. The summed E-state index contributed by atoms with van der Waals surface area (Å²) in [5, 5.41) is 5.34. The van der Waals surface area contributed by atoms with E-state index in [1.165, 1.54) is 39.7 Å². The van der Waals surface area contributed by atoms with Crippen LogP contribution in [0, 0.1) is 11.2 Å². The fraction of sp³-hybridized carbons (Fsp3) is 0.185. The van der Waals surface area contributed by atoms with Crippen molar-refractivity contribution in [3.63, 3.8) is 0 Å². The van der Waals surface area contributed by atoms with E-state index < -0.39 is 5.41 Å². The van der Waals surface area contributed by atoms with E-state index in [1.807, 2.05) is 0 Å². The number of carbonyl (C=O) groups is 1. The number of anilines is 1. The molecule has 4 aromatic rings. The molecule has 0 radical (unpaired) electrons. The molecule has 0 unspecified atom stereocenters. The zero-order valence-electron chi connectivity index (χ0n) is 17.5. The summed E-state index contributed by atoms with van der Waals surface area (Å²) < 4.78 is 14.2. The molecule has 1 N–H and O–H groups in total. The van der Waals surface area contributed by atoms with Gasteiger partial charge in [-0.25, -0.2) is 9.37 Å². The van der Waals surface area contributed by atoms with Crippen LogP contribution in [0.5, 0.6) is 0 Å². The Labute approximate surface area is 190 Å². The SMILES string of the molecule is C[C@]1(C(=O)Nc2nc(-c3ccccc3F)cs2)CC2c3ccccc3C1c1ccccc12. The van der Waals surface area contributed by atoms with Gasteiger partial charge in [0.1, 0.15) is 5.82 Å². The normalized spacial score (nSPS) is 22.8. The van der Waals surface area contributed by atoms with Crippen LogP contribution in [0.15, 0.2) is 78.2 Å². The summed E-state index contributed by atoms with van der Waals surface area (Å²) in [5.74, 6) is -0.161. The zero-order valence-corrected chi connectivity index (χ0v) is 18.3. The summed E-state index contributed by atoms with van der Waals surface area (Å²) in [5.41, 5.74) is 5.52. The van der Waals surface area contributed by atoms with Crippen molar-refractivity contribution in [3.8, 4) is 11.3 Å². The van der Waals surface area contributed by atoms with Crippen LogP contribution >= 0.6 is 11.3 Å². The van der Waals surface area contributed by atoms with Crippen molar-refractivity contribution < 1.29 is 9.18 Å². The maximum Gasteiger partial charge on any atom is 0.233 e. The lowest BCUT2D eigenvalue weighted by Crippen LogP contribution is -2.47. The molecule has 0 saturated heterocycles. The third kappa shape index (κ3) is 2.77. The fourth-order valence-electron chi connectivity index (χ4n) is 5.55. The number of amides is 1. The Morgan fingerprint density at radius 3 is 2.22 bits per heavy atom. The summed E-state index contributed by atoms with van der Waals surface area (Å²) in [4.78, 5) is 18.2. The van der Waals surface area contributed by atoms with Crippen LogP contribution in [0.1, 0.15) is 47.4 Å². The van der Waals surface area contributed by atoms with Crippen LogP contribution in [0.2, 0.25) is 0 Å². The number of rotatable bonds is 3. The van der Waals surface area contributed by atoms with Crippen LogP contribution in [0.3, 0.4) is 0 Å². The number of halogens is 1. The first-order chi connectivity index (χ1) is 15.6. The number of hydrogen-bond acceptors (Lipinski definition) is 3. The van der Waals surface area contributed by atoms with Crippen LogP contribution in [0.4, 0.5) is 9.52 Å². The van der Waals surface area contributed by atoms with Gasteiger partial charge in [-0.15, -0.1) is 11.3 Å². The molecule has 1 heterocycles. The van der Waals surface area contributed by atoms with Crippen molar-refractivity contribution in [2.75, 3.05) is 5.32 Å². The molecule has 32 heavy (non-hydrogen) atoms. The highest BCUT2D eigenvalue weighted by molar-refractivity contribution is 7.14. The Bertz CT molecular complexity index is 1320. The minimum absolute atomic E-state index is 0.00843. The Morgan fingerprint density at radius 1 is 0.969 bits per heavy atom. The van der Waals surface area contributed by atoms with Gasteiger partial charge < -0.3 is 5.32 Å². The van der Waals surface area contributed by atoms with Gasteiger partial charge in [0.2, 0.25) is 5.91 Å². The van der Waals surface area contributed by atoms with E-state index in [1.54, 1.807) is 23.6 Å². The molecule has 0 aliphatic heterocycles. The highest BCUT2D eigenvalue weighted by Gasteiger charge is 2.53. The number of carbonyl (C=O) groups excluding carboxylic acids is 1. The van der Waals surface area contributed by atoms with Gasteiger partial charge in [-0.2, -0.15) is 0 Å². The summed E-state index contributed by atoms with van der Waals surface area (Å²) >= 11 is 1.33. The van der Waals surface area contributed by atoms with Crippen LogP contribution < -0.4 is 5.32 Å². The lowest BCUT2D eigenvalue weighted by Gasteiger charge is -2.50. The predicted molar refractivity (Wildman–Crippen MR) is 125 cm³/mol. The van der Waals surface area contributed by atoms with Gasteiger partial charge in [0.25, 0.3) is 0 Å². The van der Waals surface area contributed by atoms with Gasteiger partial charge in [0.05, 0.1) is 11.1 Å². The second-order valence-electron chi connectivity index (χ2n) is 8.84. The summed E-state index contributed by atoms with van der Waals surface area (Å²) in [7, 11) is 0. The lowest BCUT2D eigenvalue weighted by molar-refractivity contribution is -0.126. The first-order valence-electron chi connectivity index (χ1n) is 10.8. The van der Waals surface area contributed by atoms with Crippen LogP contribution in [0.25, 0.3) is 11.3 Å². The quantitative estimate of drug-likeness (QED) is 0.391. The fourth-order valence-corrected chi connectivity index (χ4v) is 6.26. The Morgan fingerprint density at radius 2 is 1.56 bits per heavy atom. The molecule has 158 valence electrons. The number of fused-ring (bicyclic) bond motifs is 1. The number of benzene rings is 3. The van der Waals surface area contributed by atoms with Crippen molar-refractivity contribution >= 4 is 22.4 Å². The Balaban J connectivity index is 1.36. The van der Waals surface area contributed by atoms with Crippen molar-refractivity contribution in [1.29, 1.82) is 0 Å². The molecule has 1 atom stereocenters. The lowest BCUT2D eigenvalue weighted by atomic mass is 9.52. The average molecular weight is 441 g/mol. The van der Waals surface area contributed by atoms with E-state index >= 15 is 0 Å². The summed E-state index contributed by atoms with van der Waals surface area (Å²) in [6.45, 7) is 2.07. The van der Waals surface area contributed by atoms with Gasteiger partial charge >= 0.3 is 0 Å². The van der Waals surface area contributed by atoms with E-state index in [0.717, 1.165) is 6.42 Å². The van der Waals surface area contributed by atoms with Crippen LogP contribution in [-0.4, -0.2) is 10.9 Å². The van der Waals surface area contributed by atoms with Gasteiger partial charge in [0.15, 0.2) is 5.13 Å². The van der Waals surface area contributed by atoms with Crippen LogP contribution in [-0.2, 0) is 4.79 Å². The molecule has 0 spiro atoms. The van der Waals surface area contributed by atoms with E-state index in [4.69, 9.17) is 0 Å².